The lowest BCUT2D eigenvalue weighted by molar-refractivity contribution is 0.158. The van der Waals surface area contributed by atoms with E-state index in [2.05, 4.69) is 94.3 Å². The van der Waals surface area contributed by atoms with Gasteiger partial charge < -0.3 is 4.90 Å². The number of nitrogens with zero attached hydrogens (tertiary/aromatic N) is 3. The summed E-state index contributed by atoms with van der Waals surface area (Å²) in [7, 11) is 0. The molecule has 0 saturated heterocycles. The zero-order valence-electron chi connectivity index (χ0n) is 19.8. The van der Waals surface area contributed by atoms with Gasteiger partial charge in [0.2, 0.25) is 0 Å². The number of hydrogen-bond acceptors (Lipinski definition) is 3. The summed E-state index contributed by atoms with van der Waals surface area (Å²) in [5.74, 6) is 1.72. The number of aryl methyl sites for hydroxylation is 2. The fourth-order valence-electron chi connectivity index (χ4n) is 5.22. The lowest BCUT2D eigenvalue weighted by atomic mass is 9.66. The maximum atomic E-state index is 5.27. The Morgan fingerprint density at radius 1 is 0.968 bits per heavy atom. The largest absolute Gasteiger partial charge is 0.307 e. The lowest BCUT2D eigenvalue weighted by Gasteiger charge is -2.47. The van der Waals surface area contributed by atoms with Crippen LogP contribution >= 0.6 is 11.8 Å². The van der Waals surface area contributed by atoms with Crippen molar-refractivity contribution in [2.24, 2.45) is 21.3 Å². The van der Waals surface area contributed by atoms with Gasteiger partial charge in [0.25, 0.3) is 0 Å². The van der Waals surface area contributed by atoms with Gasteiger partial charge in [-0.05, 0) is 80.4 Å². The summed E-state index contributed by atoms with van der Waals surface area (Å²) in [4.78, 5) is 12.9. The van der Waals surface area contributed by atoms with Gasteiger partial charge in [-0.1, -0.05) is 68.9 Å². The Hall–Kier alpha value is -2.07. The predicted molar refractivity (Wildman–Crippen MR) is 137 cm³/mol. The Morgan fingerprint density at radius 2 is 1.58 bits per heavy atom. The van der Waals surface area contributed by atoms with Crippen LogP contribution < -0.4 is 4.90 Å². The van der Waals surface area contributed by atoms with Crippen molar-refractivity contribution < 1.29 is 0 Å². The van der Waals surface area contributed by atoms with Crippen molar-refractivity contribution in [2.75, 3.05) is 11.2 Å². The number of para-hydroxylation sites is 2. The highest BCUT2D eigenvalue weighted by Gasteiger charge is 2.51. The van der Waals surface area contributed by atoms with E-state index in [0.717, 1.165) is 35.5 Å². The molecular weight excluding hydrogens is 398 g/mol. The maximum Gasteiger partial charge on any atom is 0.170 e. The molecule has 4 rings (SSSR count). The molecule has 0 amide bonds. The number of amidine groups is 2. The third-order valence-electron chi connectivity index (χ3n) is 7.13. The van der Waals surface area contributed by atoms with Gasteiger partial charge in [0.1, 0.15) is 5.54 Å². The van der Waals surface area contributed by atoms with Crippen LogP contribution in [0.1, 0.15) is 57.6 Å². The topological polar surface area (TPSA) is 28.0 Å². The van der Waals surface area contributed by atoms with Crippen molar-refractivity contribution in [3.63, 3.8) is 0 Å². The molecule has 1 aliphatic heterocycles. The highest BCUT2D eigenvalue weighted by atomic mass is 32.2. The lowest BCUT2D eigenvalue weighted by Crippen LogP contribution is -2.54. The van der Waals surface area contributed by atoms with Gasteiger partial charge in [-0.15, -0.1) is 0 Å². The second-order valence-corrected chi connectivity index (χ2v) is 10.9. The van der Waals surface area contributed by atoms with Gasteiger partial charge in [0, 0.05) is 5.69 Å². The maximum absolute atomic E-state index is 5.27. The van der Waals surface area contributed by atoms with Crippen LogP contribution in [-0.4, -0.2) is 22.8 Å². The van der Waals surface area contributed by atoms with Crippen molar-refractivity contribution in [2.45, 2.75) is 65.8 Å². The van der Waals surface area contributed by atoms with Crippen LogP contribution in [0.2, 0.25) is 0 Å². The molecule has 0 aromatic heterocycles. The quantitative estimate of drug-likeness (QED) is 0.489. The summed E-state index contributed by atoms with van der Waals surface area (Å²) in [6.07, 6.45) is 6.71. The highest BCUT2D eigenvalue weighted by Crippen LogP contribution is 2.49. The molecule has 0 atom stereocenters. The summed E-state index contributed by atoms with van der Waals surface area (Å²) in [6.45, 7) is 11.5. The zero-order valence-corrected chi connectivity index (χ0v) is 20.6. The first kappa shape index (κ1) is 22.1. The van der Waals surface area contributed by atoms with Crippen molar-refractivity contribution >= 4 is 34.1 Å². The van der Waals surface area contributed by atoms with Crippen molar-refractivity contribution in [1.82, 2.24) is 0 Å². The van der Waals surface area contributed by atoms with E-state index < -0.39 is 0 Å². The van der Waals surface area contributed by atoms with Crippen molar-refractivity contribution in [1.29, 1.82) is 0 Å². The fraction of sp³-hybridized carbons (Fsp3) is 0.481. The molecule has 1 fully saturated rings. The van der Waals surface area contributed by atoms with Crippen LogP contribution in [0.5, 0.6) is 0 Å². The van der Waals surface area contributed by atoms with Crippen LogP contribution in [0.3, 0.4) is 0 Å². The number of hydrogen-bond donors (Lipinski definition) is 0. The number of anilines is 1. The van der Waals surface area contributed by atoms with E-state index in [1.54, 1.807) is 11.8 Å². The first-order valence-corrected chi connectivity index (χ1v) is 12.6. The van der Waals surface area contributed by atoms with Gasteiger partial charge in [-0.3, -0.25) is 0 Å². The minimum atomic E-state index is -0.170. The summed E-state index contributed by atoms with van der Waals surface area (Å²) in [5.41, 5.74) is 4.89. The second-order valence-electron chi connectivity index (χ2n) is 10.1. The van der Waals surface area contributed by atoms with Crippen molar-refractivity contribution in [3.05, 3.63) is 59.7 Å². The molecule has 4 heteroatoms. The molecule has 2 aliphatic rings. The van der Waals surface area contributed by atoms with Gasteiger partial charge in [-0.2, -0.15) is 0 Å². The van der Waals surface area contributed by atoms with E-state index in [4.69, 9.17) is 9.98 Å². The fourth-order valence-corrected chi connectivity index (χ4v) is 5.87. The molecule has 1 aliphatic carbocycles. The second kappa shape index (κ2) is 8.46. The third-order valence-corrected chi connectivity index (χ3v) is 7.77. The number of benzene rings is 2. The Bertz CT molecular complexity index is 973. The minimum Gasteiger partial charge on any atom is -0.307 e. The van der Waals surface area contributed by atoms with Gasteiger partial charge in [-0.25, -0.2) is 9.98 Å². The predicted octanol–water partition coefficient (Wildman–Crippen LogP) is 7.55. The minimum absolute atomic E-state index is 0.170. The van der Waals surface area contributed by atoms with Crippen LogP contribution in [0, 0.1) is 25.2 Å². The van der Waals surface area contributed by atoms with E-state index in [0.29, 0.717) is 5.41 Å². The van der Waals surface area contributed by atoms with Gasteiger partial charge >= 0.3 is 0 Å². The number of aliphatic imine (C=N–C) groups is 2. The summed E-state index contributed by atoms with van der Waals surface area (Å²) < 4.78 is 0. The third kappa shape index (κ3) is 4.07. The van der Waals surface area contributed by atoms with Crippen LogP contribution in [0.15, 0.2) is 58.5 Å². The average molecular weight is 434 g/mol. The van der Waals surface area contributed by atoms with Crippen molar-refractivity contribution in [3.8, 4) is 0 Å². The van der Waals surface area contributed by atoms with Gasteiger partial charge in [0.15, 0.2) is 11.0 Å². The molecule has 3 nitrogen and oxygen atoms in total. The molecule has 0 bridgehead atoms. The highest BCUT2D eigenvalue weighted by molar-refractivity contribution is 8.13. The Kier molecular flexibility index (Phi) is 6.04. The molecule has 164 valence electrons. The molecule has 1 heterocycles. The van der Waals surface area contributed by atoms with Gasteiger partial charge in [0.05, 0.1) is 5.69 Å². The average Bonchev–Trinajstić information content (AvgIpc) is 3.03. The molecule has 0 radical (unpaired) electrons. The first-order valence-electron chi connectivity index (χ1n) is 11.4. The Labute approximate surface area is 192 Å². The molecule has 0 unspecified atom stereocenters. The molecule has 2 aromatic carbocycles. The van der Waals surface area contributed by atoms with Crippen LogP contribution in [0.25, 0.3) is 0 Å². The molecule has 1 saturated carbocycles. The van der Waals surface area contributed by atoms with E-state index in [1.807, 2.05) is 0 Å². The van der Waals surface area contributed by atoms with E-state index in [9.17, 15) is 0 Å². The standard InChI is InChI=1S/C27H35N3S/c1-19-11-10-12-20(2)23(19)28-24-27(17-15-21(16-18-27)26(3,4)5)30(25(29-24)31-6)22-13-8-7-9-14-22/h7-14,21H,15-18H2,1-6H3. The molecule has 2 aromatic rings. The Balaban J connectivity index is 1.84. The Morgan fingerprint density at radius 3 is 2.13 bits per heavy atom. The summed E-state index contributed by atoms with van der Waals surface area (Å²) in [5, 5.41) is 1.06. The van der Waals surface area contributed by atoms with Crippen LogP contribution in [0.4, 0.5) is 11.4 Å². The zero-order chi connectivity index (χ0) is 22.2. The normalized spacial score (nSPS) is 25.4. The summed E-state index contributed by atoms with van der Waals surface area (Å²) >= 11 is 1.73. The smallest absolute Gasteiger partial charge is 0.170 e. The summed E-state index contributed by atoms with van der Waals surface area (Å²) in [6, 6.07) is 17.2. The molecule has 1 spiro atoms. The SMILES string of the molecule is CSC1=NC(=Nc2c(C)cccc2C)C2(CCC(C(C)(C)C)CC2)N1c1ccccc1. The van der Waals surface area contributed by atoms with E-state index in [1.165, 1.54) is 29.7 Å². The van der Waals surface area contributed by atoms with E-state index in [-0.39, 0.29) is 5.54 Å². The monoisotopic (exact) mass is 433 g/mol. The molecule has 31 heavy (non-hydrogen) atoms. The first-order chi connectivity index (χ1) is 14.8. The number of thioether (sulfide) groups is 1. The molecular formula is C27H35N3S. The number of rotatable bonds is 2. The van der Waals surface area contributed by atoms with E-state index >= 15 is 0 Å². The van der Waals surface area contributed by atoms with Crippen LogP contribution in [-0.2, 0) is 0 Å². The molecule has 0 N–H and O–H groups in total.